The predicted octanol–water partition coefficient (Wildman–Crippen LogP) is 11.3. The molecule has 0 atom stereocenters. The minimum atomic E-state index is -0.439. The monoisotopic (exact) mass is 658 g/mol. The van der Waals surface area contributed by atoms with Gasteiger partial charge in [0.2, 0.25) is 5.95 Å². The topological polar surface area (TPSA) is 61.7 Å². The second kappa shape index (κ2) is 10.7. The van der Waals surface area contributed by atoms with Gasteiger partial charge in [0.1, 0.15) is 11.2 Å². The molecule has 4 aromatic heterocycles. The van der Waals surface area contributed by atoms with Crippen LogP contribution in [-0.4, -0.2) is 24.1 Å². The molecule has 0 aliphatic rings. The van der Waals surface area contributed by atoms with Gasteiger partial charge < -0.3 is 8.98 Å². The molecular formula is C45H27N5O. The van der Waals surface area contributed by atoms with Gasteiger partial charge in [0.05, 0.1) is 28.9 Å². The van der Waals surface area contributed by atoms with Crippen molar-refractivity contribution in [1.82, 2.24) is 24.1 Å². The van der Waals surface area contributed by atoms with Crippen molar-refractivity contribution in [3.63, 3.8) is 0 Å². The van der Waals surface area contributed by atoms with Crippen LogP contribution in [0.5, 0.6) is 0 Å². The van der Waals surface area contributed by atoms with Gasteiger partial charge in [-0.15, -0.1) is 0 Å². The summed E-state index contributed by atoms with van der Waals surface area (Å²) in [5.41, 5.74) is 6.25. The van der Waals surface area contributed by atoms with E-state index in [9.17, 15) is 0 Å². The third kappa shape index (κ3) is 4.14. The minimum absolute atomic E-state index is 0.0846. The standard InChI is InChI=1S/C45H27N5O/c1-3-13-28(14-4-1)43-46-44(29-23-24-33-32-18-9-12-22-39(32)51-40(33)27-29)48-45(47-43)50-37-21-11-8-19-35(37)41-38(50)26-25-34-31-17-7-10-20-36(31)49(42(34)41)30-15-5-2-6-16-30/h1-27H/i2D,5D,6D,15D,16D. The Balaban J connectivity index is 1.25. The van der Waals surface area contributed by atoms with E-state index in [0.717, 1.165) is 71.2 Å². The lowest BCUT2D eigenvalue weighted by Gasteiger charge is -2.11. The SMILES string of the molecule is [2H]c1c([2H])c([2H])c(-n2c3ccccc3c3ccc4c(c5ccccc5n4-c4nc(-c5ccccc5)nc(-c5ccc6c(c5)oc5ccccc56)n4)c32)c([2H])c1[2H]. The molecule has 0 fully saturated rings. The number of nitrogens with zero attached hydrogens (tertiary/aromatic N) is 5. The van der Waals surface area contributed by atoms with Gasteiger partial charge in [-0.25, -0.2) is 4.98 Å². The highest BCUT2D eigenvalue weighted by Gasteiger charge is 2.23. The summed E-state index contributed by atoms with van der Waals surface area (Å²) in [6.45, 7) is 0. The summed E-state index contributed by atoms with van der Waals surface area (Å²) in [4.78, 5) is 15.3. The van der Waals surface area contributed by atoms with Crippen molar-refractivity contribution in [3.05, 3.63) is 164 Å². The van der Waals surface area contributed by atoms with Crippen molar-refractivity contribution in [3.8, 4) is 34.4 Å². The van der Waals surface area contributed by atoms with E-state index in [1.807, 2.05) is 143 Å². The Morgan fingerprint density at radius 1 is 0.471 bits per heavy atom. The van der Waals surface area contributed by atoms with E-state index < -0.39 is 18.1 Å². The summed E-state index contributed by atoms with van der Waals surface area (Å²) in [6, 6.07) is 41.8. The van der Waals surface area contributed by atoms with E-state index >= 15 is 0 Å². The van der Waals surface area contributed by atoms with Gasteiger partial charge in [-0.1, -0.05) is 115 Å². The van der Waals surface area contributed by atoms with Crippen molar-refractivity contribution in [2.24, 2.45) is 0 Å². The Bertz CT molecular complexity index is 3410. The second-order valence-electron chi connectivity index (χ2n) is 12.5. The second-order valence-corrected chi connectivity index (χ2v) is 12.5. The Hall–Kier alpha value is -7.05. The summed E-state index contributed by atoms with van der Waals surface area (Å²) < 4.78 is 53.6. The van der Waals surface area contributed by atoms with Crippen LogP contribution in [0.3, 0.4) is 0 Å². The summed E-state index contributed by atoms with van der Waals surface area (Å²) in [7, 11) is 0. The molecule has 238 valence electrons. The summed E-state index contributed by atoms with van der Waals surface area (Å²) >= 11 is 0. The van der Waals surface area contributed by atoms with Gasteiger partial charge in [0.15, 0.2) is 11.6 Å². The van der Waals surface area contributed by atoms with Crippen LogP contribution in [0.25, 0.3) is 100.0 Å². The fourth-order valence-corrected chi connectivity index (χ4v) is 7.49. The molecule has 0 bridgehead atoms. The van der Waals surface area contributed by atoms with Crippen LogP contribution in [0.15, 0.2) is 168 Å². The number of aromatic nitrogens is 5. The summed E-state index contributed by atoms with van der Waals surface area (Å²) in [6.07, 6.45) is 0. The molecule has 6 heteroatoms. The number of rotatable bonds is 4. The molecule has 0 radical (unpaired) electrons. The molecule has 0 N–H and O–H groups in total. The highest BCUT2D eigenvalue weighted by molar-refractivity contribution is 6.26. The zero-order valence-electron chi connectivity index (χ0n) is 31.8. The van der Waals surface area contributed by atoms with Crippen molar-refractivity contribution in [2.75, 3.05) is 0 Å². The van der Waals surface area contributed by atoms with Gasteiger partial charge >= 0.3 is 0 Å². The van der Waals surface area contributed by atoms with Crippen LogP contribution < -0.4 is 0 Å². The third-order valence-electron chi connectivity index (χ3n) is 9.67. The molecule has 11 aromatic rings. The van der Waals surface area contributed by atoms with E-state index in [2.05, 4.69) is 0 Å². The molecule has 0 saturated carbocycles. The Morgan fingerprint density at radius 2 is 1.12 bits per heavy atom. The number of fused-ring (bicyclic) bond motifs is 10. The molecule has 11 rings (SSSR count). The molecule has 0 amide bonds. The van der Waals surface area contributed by atoms with Gasteiger partial charge in [-0.3, -0.25) is 4.57 Å². The summed E-state index contributed by atoms with van der Waals surface area (Å²) in [5, 5.41) is 5.52. The molecule has 0 unspecified atom stereocenters. The average molecular weight is 659 g/mol. The van der Waals surface area contributed by atoms with Crippen molar-refractivity contribution in [2.45, 2.75) is 0 Å². The number of furan rings is 1. The molecule has 51 heavy (non-hydrogen) atoms. The van der Waals surface area contributed by atoms with Crippen LogP contribution in [0.1, 0.15) is 6.85 Å². The Kier molecular flexibility index (Phi) is 4.91. The van der Waals surface area contributed by atoms with Crippen LogP contribution in [-0.2, 0) is 0 Å². The minimum Gasteiger partial charge on any atom is -0.456 e. The Labute approximate surface area is 298 Å². The fourth-order valence-electron chi connectivity index (χ4n) is 7.49. The molecule has 6 nitrogen and oxygen atoms in total. The maximum atomic E-state index is 9.03. The van der Waals surface area contributed by atoms with E-state index in [1.165, 1.54) is 0 Å². The largest absolute Gasteiger partial charge is 0.456 e. The highest BCUT2D eigenvalue weighted by Crippen LogP contribution is 2.42. The normalized spacial score (nSPS) is 13.3. The Morgan fingerprint density at radius 3 is 1.94 bits per heavy atom. The van der Waals surface area contributed by atoms with Crippen LogP contribution >= 0.6 is 0 Å². The molecule has 4 heterocycles. The molecule has 0 spiro atoms. The van der Waals surface area contributed by atoms with Gasteiger partial charge in [0.25, 0.3) is 0 Å². The predicted molar refractivity (Wildman–Crippen MR) is 207 cm³/mol. The van der Waals surface area contributed by atoms with Crippen LogP contribution in [0.2, 0.25) is 0 Å². The third-order valence-corrected chi connectivity index (χ3v) is 9.67. The number of para-hydroxylation sites is 4. The molecule has 0 saturated heterocycles. The average Bonchev–Trinajstić information content (AvgIpc) is 3.90. The maximum Gasteiger partial charge on any atom is 0.238 e. The van der Waals surface area contributed by atoms with Gasteiger partial charge in [0, 0.05) is 49.1 Å². The van der Waals surface area contributed by atoms with Gasteiger partial charge in [-0.05, 0) is 48.5 Å². The number of benzene rings is 7. The van der Waals surface area contributed by atoms with Crippen LogP contribution in [0, 0.1) is 0 Å². The fraction of sp³-hybridized carbons (Fsp3) is 0. The number of hydrogen-bond acceptors (Lipinski definition) is 4. The summed E-state index contributed by atoms with van der Waals surface area (Å²) in [5.74, 6) is 1.36. The first-order valence-corrected chi connectivity index (χ1v) is 16.6. The lowest BCUT2D eigenvalue weighted by molar-refractivity contribution is 0.669. The zero-order valence-corrected chi connectivity index (χ0v) is 26.8. The van der Waals surface area contributed by atoms with Crippen molar-refractivity contribution >= 4 is 65.6 Å². The van der Waals surface area contributed by atoms with Crippen LogP contribution in [0.4, 0.5) is 0 Å². The van der Waals surface area contributed by atoms with Crippen molar-refractivity contribution in [1.29, 1.82) is 0 Å². The first kappa shape index (κ1) is 23.3. The lowest BCUT2D eigenvalue weighted by Crippen LogP contribution is -2.06. The lowest BCUT2D eigenvalue weighted by atomic mass is 10.1. The zero-order chi connectivity index (χ0) is 37.8. The van der Waals surface area contributed by atoms with E-state index in [4.69, 9.17) is 26.2 Å². The molecule has 0 aliphatic heterocycles. The molecule has 7 aromatic carbocycles. The molecule has 0 aliphatic carbocycles. The van der Waals surface area contributed by atoms with Gasteiger partial charge in [-0.2, -0.15) is 9.97 Å². The number of hydrogen-bond donors (Lipinski definition) is 0. The maximum absolute atomic E-state index is 9.03. The van der Waals surface area contributed by atoms with Crippen molar-refractivity contribution < 1.29 is 11.3 Å². The molecular weight excluding hydrogens is 627 g/mol. The van der Waals surface area contributed by atoms with E-state index in [0.29, 0.717) is 23.1 Å². The smallest absolute Gasteiger partial charge is 0.238 e. The highest BCUT2D eigenvalue weighted by atomic mass is 16.3. The van der Waals surface area contributed by atoms with E-state index in [-0.39, 0.29) is 17.8 Å². The van der Waals surface area contributed by atoms with E-state index in [1.54, 1.807) is 0 Å². The first-order valence-electron chi connectivity index (χ1n) is 19.1. The first-order chi connectivity index (χ1) is 27.4. The quantitative estimate of drug-likeness (QED) is 0.189.